The molecule has 0 spiro atoms. The lowest BCUT2D eigenvalue weighted by Gasteiger charge is -2.16. The first-order chi connectivity index (χ1) is 12.9. The second kappa shape index (κ2) is 7.70. The van der Waals surface area contributed by atoms with Crippen LogP contribution < -0.4 is 16.6 Å². The number of ether oxygens (including phenoxy) is 1. The SMILES string of the molecule is C=Cc1ccc(C(=O)NC[C@H]2O[C@@H](n3ccc(=O)[nH]c3=O)[C@@H](O)[C@@H]2O)cc1. The molecule has 0 unspecified atom stereocenters. The second-order valence-electron chi connectivity index (χ2n) is 6.10. The number of nitrogens with one attached hydrogen (secondary N) is 2. The maximum absolute atomic E-state index is 12.2. The Morgan fingerprint density at radius 1 is 1.22 bits per heavy atom. The quantitative estimate of drug-likeness (QED) is 0.544. The van der Waals surface area contributed by atoms with Crippen molar-refractivity contribution in [3.63, 3.8) is 0 Å². The van der Waals surface area contributed by atoms with Crippen molar-refractivity contribution in [2.24, 2.45) is 0 Å². The number of aromatic amines is 1. The Morgan fingerprint density at radius 3 is 2.56 bits per heavy atom. The molecule has 9 nitrogen and oxygen atoms in total. The van der Waals surface area contributed by atoms with Crippen molar-refractivity contribution in [2.45, 2.75) is 24.5 Å². The summed E-state index contributed by atoms with van der Waals surface area (Å²) in [5.41, 5.74) is -0.0678. The molecule has 0 bridgehead atoms. The maximum Gasteiger partial charge on any atom is 0.330 e. The fraction of sp³-hybridized carbons (Fsp3) is 0.278. The van der Waals surface area contributed by atoms with Crippen molar-refractivity contribution >= 4 is 12.0 Å². The number of aliphatic hydroxyl groups excluding tert-OH is 2. The van der Waals surface area contributed by atoms with Crippen molar-refractivity contribution in [2.75, 3.05) is 6.54 Å². The predicted molar refractivity (Wildman–Crippen MR) is 96.1 cm³/mol. The molecule has 1 fully saturated rings. The molecule has 0 radical (unpaired) electrons. The number of H-pyrrole nitrogens is 1. The number of carbonyl (C=O) groups is 1. The highest BCUT2D eigenvalue weighted by molar-refractivity contribution is 5.94. The van der Waals surface area contributed by atoms with Gasteiger partial charge in [0.05, 0.1) is 0 Å². The van der Waals surface area contributed by atoms with Gasteiger partial charge in [0.25, 0.3) is 11.5 Å². The lowest BCUT2D eigenvalue weighted by atomic mass is 10.1. The van der Waals surface area contributed by atoms with Crippen LogP contribution in [0.1, 0.15) is 22.1 Å². The highest BCUT2D eigenvalue weighted by atomic mass is 16.6. The number of hydrogen-bond acceptors (Lipinski definition) is 6. The minimum atomic E-state index is -1.40. The summed E-state index contributed by atoms with van der Waals surface area (Å²) >= 11 is 0. The van der Waals surface area contributed by atoms with Crippen LogP contribution in [-0.4, -0.2) is 50.5 Å². The number of carbonyl (C=O) groups excluding carboxylic acids is 1. The molecule has 142 valence electrons. The molecule has 1 aromatic carbocycles. The van der Waals surface area contributed by atoms with Crippen LogP contribution in [0.2, 0.25) is 0 Å². The number of nitrogens with zero attached hydrogens (tertiary/aromatic N) is 1. The standard InChI is InChI=1S/C18H19N3O6/c1-2-10-3-5-11(6-4-10)16(25)19-9-12-14(23)15(24)17(27-12)21-8-7-13(22)20-18(21)26/h2-8,12,14-15,17,23-24H,1,9H2,(H,19,25)(H,20,22,26)/t12-,14-,15+,17-/m1/s1. The van der Waals surface area contributed by atoms with E-state index in [0.717, 1.165) is 16.2 Å². The van der Waals surface area contributed by atoms with E-state index in [1.807, 2.05) is 4.98 Å². The Bertz CT molecular complexity index is 949. The Hall–Kier alpha value is -3.01. The molecule has 27 heavy (non-hydrogen) atoms. The van der Waals surface area contributed by atoms with Gasteiger partial charge in [-0.3, -0.25) is 19.1 Å². The van der Waals surface area contributed by atoms with E-state index in [4.69, 9.17) is 4.74 Å². The lowest BCUT2D eigenvalue weighted by Crippen LogP contribution is -2.40. The van der Waals surface area contributed by atoms with Crippen molar-refractivity contribution < 1.29 is 19.7 Å². The molecular weight excluding hydrogens is 354 g/mol. The summed E-state index contributed by atoms with van der Waals surface area (Å²) in [5, 5.41) is 22.9. The Kier molecular flexibility index (Phi) is 5.36. The zero-order valence-corrected chi connectivity index (χ0v) is 14.2. The van der Waals surface area contributed by atoms with Gasteiger partial charge >= 0.3 is 5.69 Å². The minimum Gasteiger partial charge on any atom is -0.387 e. The second-order valence-corrected chi connectivity index (χ2v) is 6.10. The van der Waals surface area contributed by atoms with Crippen LogP contribution >= 0.6 is 0 Å². The third-order valence-electron chi connectivity index (χ3n) is 4.33. The summed E-state index contributed by atoms with van der Waals surface area (Å²) in [4.78, 5) is 37.2. The van der Waals surface area contributed by atoms with E-state index in [1.165, 1.54) is 6.20 Å². The number of rotatable bonds is 5. The summed E-state index contributed by atoms with van der Waals surface area (Å²) in [7, 11) is 0. The predicted octanol–water partition coefficient (Wildman–Crippen LogP) is -0.771. The molecule has 0 aliphatic carbocycles. The van der Waals surface area contributed by atoms with Crippen molar-refractivity contribution in [1.29, 1.82) is 0 Å². The van der Waals surface area contributed by atoms with E-state index in [1.54, 1.807) is 30.3 Å². The first-order valence-electron chi connectivity index (χ1n) is 8.24. The highest BCUT2D eigenvalue weighted by Gasteiger charge is 2.44. The fourth-order valence-electron chi connectivity index (χ4n) is 2.82. The Morgan fingerprint density at radius 2 is 1.93 bits per heavy atom. The lowest BCUT2D eigenvalue weighted by molar-refractivity contribution is -0.0387. The van der Waals surface area contributed by atoms with Gasteiger partial charge in [0, 0.05) is 24.4 Å². The largest absolute Gasteiger partial charge is 0.387 e. The van der Waals surface area contributed by atoms with Crippen LogP contribution in [0.5, 0.6) is 0 Å². The van der Waals surface area contributed by atoms with Crippen molar-refractivity contribution in [3.05, 3.63) is 75.1 Å². The monoisotopic (exact) mass is 373 g/mol. The summed E-state index contributed by atoms with van der Waals surface area (Å²) in [6, 6.07) is 7.86. The molecule has 0 saturated carbocycles. The van der Waals surface area contributed by atoms with E-state index in [2.05, 4.69) is 11.9 Å². The number of amides is 1. The molecule has 9 heteroatoms. The van der Waals surface area contributed by atoms with E-state index in [0.29, 0.717) is 5.56 Å². The van der Waals surface area contributed by atoms with Crippen LogP contribution in [0, 0.1) is 0 Å². The molecular formula is C18H19N3O6. The Labute approximate surface area is 153 Å². The summed E-state index contributed by atoms with van der Waals surface area (Å²) in [5.74, 6) is -0.374. The van der Waals surface area contributed by atoms with Gasteiger partial charge in [0.2, 0.25) is 0 Å². The van der Waals surface area contributed by atoms with Gasteiger partial charge in [-0.25, -0.2) is 4.79 Å². The van der Waals surface area contributed by atoms with E-state index in [-0.39, 0.29) is 12.5 Å². The summed E-state index contributed by atoms with van der Waals surface area (Å²) in [6.07, 6.45) is -2.01. The average Bonchev–Trinajstić information content (AvgIpc) is 2.94. The number of aromatic nitrogens is 2. The van der Waals surface area contributed by atoms with Gasteiger partial charge in [-0.2, -0.15) is 0 Å². The number of aliphatic hydroxyl groups is 2. The number of hydrogen-bond donors (Lipinski definition) is 4. The van der Waals surface area contributed by atoms with Crippen molar-refractivity contribution in [3.8, 4) is 0 Å². The zero-order valence-electron chi connectivity index (χ0n) is 14.2. The zero-order chi connectivity index (χ0) is 19.6. The highest BCUT2D eigenvalue weighted by Crippen LogP contribution is 2.27. The molecule has 1 amide bonds. The molecule has 4 atom stereocenters. The number of benzene rings is 1. The maximum atomic E-state index is 12.2. The Balaban J connectivity index is 1.67. The topological polar surface area (TPSA) is 134 Å². The van der Waals surface area contributed by atoms with Crippen LogP contribution in [0.4, 0.5) is 0 Å². The van der Waals surface area contributed by atoms with Gasteiger partial charge in [0.1, 0.15) is 18.3 Å². The van der Waals surface area contributed by atoms with E-state index >= 15 is 0 Å². The van der Waals surface area contributed by atoms with Crippen LogP contribution in [0.3, 0.4) is 0 Å². The normalized spacial score (nSPS) is 24.5. The van der Waals surface area contributed by atoms with Crippen LogP contribution in [0.25, 0.3) is 6.08 Å². The smallest absolute Gasteiger partial charge is 0.330 e. The summed E-state index contributed by atoms with van der Waals surface area (Å²) in [6.45, 7) is 3.57. The molecule has 1 aromatic heterocycles. The van der Waals surface area contributed by atoms with Gasteiger partial charge in [-0.05, 0) is 17.7 Å². The molecule has 3 rings (SSSR count). The van der Waals surface area contributed by atoms with Crippen LogP contribution in [-0.2, 0) is 4.74 Å². The van der Waals surface area contributed by atoms with E-state index in [9.17, 15) is 24.6 Å². The average molecular weight is 373 g/mol. The van der Waals surface area contributed by atoms with Crippen molar-refractivity contribution in [1.82, 2.24) is 14.9 Å². The third kappa shape index (κ3) is 3.90. The van der Waals surface area contributed by atoms with Gasteiger partial charge in [-0.1, -0.05) is 24.8 Å². The molecule has 1 saturated heterocycles. The first kappa shape index (κ1) is 18.8. The minimum absolute atomic E-state index is 0.0745. The van der Waals surface area contributed by atoms with E-state index < -0.39 is 35.8 Å². The van der Waals surface area contributed by atoms with Gasteiger partial charge < -0.3 is 20.3 Å². The summed E-state index contributed by atoms with van der Waals surface area (Å²) < 4.78 is 6.51. The van der Waals surface area contributed by atoms with Gasteiger partial charge in [0.15, 0.2) is 6.23 Å². The molecule has 1 aliphatic heterocycles. The first-order valence-corrected chi connectivity index (χ1v) is 8.24. The molecule has 2 heterocycles. The van der Waals surface area contributed by atoms with Crippen LogP contribution in [0.15, 0.2) is 52.7 Å². The fourth-order valence-corrected chi connectivity index (χ4v) is 2.82. The van der Waals surface area contributed by atoms with Gasteiger partial charge in [-0.15, -0.1) is 0 Å². The third-order valence-corrected chi connectivity index (χ3v) is 4.33. The molecule has 2 aromatic rings. The molecule has 4 N–H and O–H groups in total. The molecule has 1 aliphatic rings.